The van der Waals surface area contributed by atoms with Crippen molar-refractivity contribution in [1.82, 2.24) is 14.5 Å². The maximum Gasteiger partial charge on any atom is 0.179 e. The molecule has 19 heavy (non-hydrogen) atoms. The molecule has 3 heterocycles. The molecule has 3 rings (SSSR count). The van der Waals surface area contributed by atoms with Crippen LogP contribution in [0.2, 0.25) is 4.34 Å². The second-order valence-electron chi connectivity index (χ2n) is 4.36. The van der Waals surface area contributed by atoms with Gasteiger partial charge in [0.1, 0.15) is 0 Å². The molecule has 0 spiro atoms. The molecule has 6 heteroatoms. The number of H-pyrrole nitrogens is 1. The highest BCUT2D eigenvalue weighted by Gasteiger charge is 2.08. The summed E-state index contributed by atoms with van der Waals surface area (Å²) in [4.78, 5) is 8.91. The minimum atomic E-state index is 0.722. The van der Waals surface area contributed by atoms with Crippen LogP contribution in [0.25, 0.3) is 11.2 Å². The zero-order valence-corrected chi connectivity index (χ0v) is 12.7. The molecule has 0 bridgehead atoms. The van der Waals surface area contributed by atoms with E-state index in [0.29, 0.717) is 0 Å². The first kappa shape index (κ1) is 12.8. The highest BCUT2D eigenvalue weighted by atomic mass is 35.5. The Morgan fingerprint density at radius 3 is 3.00 bits per heavy atom. The summed E-state index contributed by atoms with van der Waals surface area (Å²) in [5.74, 6) is 0. The zero-order valence-electron chi connectivity index (χ0n) is 10.3. The minimum absolute atomic E-state index is 0.722. The summed E-state index contributed by atoms with van der Waals surface area (Å²) < 4.78 is 3.59. The quantitative estimate of drug-likeness (QED) is 0.729. The summed E-state index contributed by atoms with van der Waals surface area (Å²) in [7, 11) is 0. The van der Waals surface area contributed by atoms with E-state index >= 15 is 0 Å². The molecule has 0 saturated heterocycles. The molecule has 0 aliphatic carbocycles. The number of hydrogen-bond donors (Lipinski definition) is 1. The van der Waals surface area contributed by atoms with Gasteiger partial charge in [-0.15, -0.1) is 11.3 Å². The van der Waals surface area contributed by atoms with Gasteiger partial charge in [0.25, 0.3) is 0 Å². The van der Waals surface area contributed by atoms with E-state index in [1.165, 1.54) is 4.88 Å². The number of hydrogen-bond acceptors (Lipinski definition) is 3. The molecular weight excluding hydrogens is 298 g/mol. The molecule has 0 amide bonds. The number of fused-ring (bicyclic) bond motifs is 1. The van der Waals surface area contributed by atoms with Crippen LogP contribution >= 0.6 is 35.2 Å². The molecule has 0 aliphatic heterocycles. The van der Waals surface area contributed by atoms with Gasteiger partial charge >= 0.3 is 0 Å². The van der Waals surface area contributed by atoms with Crippen molar-refractivity contribution in [3.63, 3.8) is 0 Å². The van der Waals surface area contributed by atoms with Crippen molar-refractivity contribution in [1.29, 1.82) is 0 Å². The fourth-order valence-electron chi connectivity index (χ4n) is 2.09. The van der Waals surface area contributed by atoms with Crippen LogP contribution in [0, 0.1) is 11.7 Å². The molecule has 0 saturated carbocycles. The third-order valence-corrected chi connectivity index (χ3v) is 4.70. The van der Waals surface area contributed by atoms with E-state index in [9.17, 15) is 0 Å². The van der Waals surface area contributed by atoms with E-state index in [1.54, 1.807) is 11.3 Å². The number of aromatic nitrogens is 3. The molecule has 0 radical (unpaired) electrons. The van der Waals surface area contributed by atoms with E-state index in [4.69, 9.17) is 23.8 Å². The predicted molar refractivity (Wildman–Crippen MR) is 82.7 cm³/mol. The number of imidazole rings is 1. The van der Waals surface area contributed by atoms with Gasteiger partial charge in [-0.1, -0.05) is 11.6 Å². The van der Waals surface area contributed by atoms with Gasteiger partial charge in [0.05, 0.1) is 9.85 Å². The van der Waals surface area contributed by atoms with Crippen LogP contribution < -0.4 is 0 Å². The number of thiophene rings is 1. The third kappa shape index (κ3) is 2.45. The van der Waals surface area contributed by atoms with Crippen LogP contribution in [-0.2, 0) is 13.0 Å². The Labute approximate surface area is 124 Å². The molecule has 3 nitrogen and oxygen atoms in total. The van der Waals surface area contributed by atoms with E-state index in [1.807, 2.05) is 22.9 Å². The van der Waals surface area contributed by atoms with Crippen molar-refractivity contribution in [2.75, 3.05) is 0 Å². The van der Waals surface area contributed by atoms with Crippen LogP contribution in [0.15, 0.2) is 24.4 Å². The van der Waals surface area contributed by atoms with Crippen molar-refractivity contribution in [2.24, 2.45) is 0 Å². The monoisotopic (exact) mass is 309 g/mol. The van der Waals surface area contributed by atoms with Gasteiger partial charge in [-0.3, -0.25) is 0 Å². The predicted octanol–water partition coefficient (Wildman–Crippen LogP) is 4.36. The normalized spacial score (nSPS) is 11.3. The molecule has 98 valence electrons. The molecule has 1 N–H and O–H groups in total. The number of rotatable bonds is 3. The number of aromatic amines is 1. The largest absolute Gasteiger partial charge is 0.329 e. The standard InChI is InChI=1S/C13H12ClN3S2/c1-8-4-6-15-12-11(8)16-13(18)17(12)7-5-9-2-3-10(14)19-9/h2-4,6H,5,7H2,1H3,(H,16,18). The first-order chi connectivity index (χ1) is 9.15. The fourth-order valence-corrected chi connectivity index (χ4v) is 3.45. The summed E-state index contributed by atoms with van der Waals surface area (Å²) in [6.07, 6.45) is 2.73. The van der Waals surface area contributed by atoms with Gasteiger partial charge in [-0.25, -0.2) is 4.98 Å². The Hall–Kier alpha value is -1.17. The van der Waals surface area contributed by atoms with Crippen molar-refractivity contribution in [3.05, 3.63) is 43.9 Å². The molecule has 0 fully saturated rings. The lowest BCUT2D eigenvalue weighted by atomic mass is 10.3. The second kappa shape index (κ2) is 5.07. The van der Waals surface area contributed by atoms with E-state index in [0.717, 1.165) is 38.8 Å². The Kier molecular flexibility index (Phi) is 3.43. The Morgan fingerprint density at radius 2 is 2.26 bits per heavy atom. The van der Waals surface area contributed by atoms with Crippen LogP contribution in [0.1, 0.15) is 10.4 Å². The first-order valence-electron chi connectivity index (χ1n) is 5.93. The number of aryl methyl sites for hydroxylation is 3. The third-order valence-electron chi connectivity index (χ3n) is 3.08. The molecule has 0 atom stereocenters. The smallest absolute Gasteiger partial charge is 0.179 e. The lowest BCUT2D eigenvalue weighted by Crippen LogP contribution is -2.01. The number of nitrogens with zero attached hydrogens (tertiary/aromatic N) is 2. The summed E-state index contributed by atoms with van der Waals surface area (Å²) in [6, 6.07) is 5.97. The van der Waals surface area contributed by atoms with Gasteiger partial charge in [0, 0.05) is 17.6 Å². The average Bonchev–Trinajstić information content (AvgIpc) is 2.92. The van der Waals surface area contributed by atoms with Gasteiger partial charge in [-0.2, -0.15) is 0 Å². The molecule has 3 aromatic heterocycles. The molecule has 0 unspecified atom stereocenters. The highest BCUT2D eigenvalue weighted by Crippen LogP contribution is 2.23. The van der Waals surface area contributed by atoms with Crippen molar-refractivity contribution in [2.45, 2.75) is 19.9 Å². The minimum Gasteiger partial charge on any atom is -0.329 e. The molecule has 0 aliphatic rings. The van der Waals surface area contributed by atoms with Crippen LogP contribution in [0.3, 0.4) is 0 Å². The topological polar surface area (TPSA) is 33.6 Å². The number of nitrogens with one attached hydrogen (secondary N) is 1. The van der Waals surface area contributed by atoms with Crippen molar-refractivity contribution >= 4 is 46.3 Å². The SMILES string of the molecule is Cc1ccnc2c1[nH]c(=S)n2CCc1ccc(Cl)s1. The number of halogens is 1. The average molecular weight is 310 g/mol. The highest BCUT2D eigenvalue weighted by molar-refractivity contribution is 7.71. The second-order valence-corrected chi connectivity index (χ2v) is 6.55. The van der Waals surface area contributed by atoms with Gasteiger partial charge in [0.15, 0.2) is 10.4 Å². The first-order valence-corrected chi connectivity index (χ1v) is 7.54. The van der Waals surface area contributed by atoms with Gasteiger partial charge in [0.2, 0.25) is 0 Å². The Balaban J connectivity index is 1.95. The fraction of sp³-hybridized carbons (Fsp3) is 0.231. The van der Waals surface area contributed by atoms with Crippen LogP contribution in [0.4, 0.5) is 0 Å². The molecule has 0 aromatic carbocycles. The van der Waals surface area contributed by atoms with E-state index < -0.39 is 0 Å². The summed E-state index contributed by atoms with van der Waals surface area (Å²) >= 11 is 12.9. The molecular formula is C13H12ClN3S2. The van der Waals surface area contributed by atoms with Gasteiger partial charge < -0.3 is 9.55 Å². The lowest BCUT2D eigenvalue weighted by Gasteiger charge is -2.02. The summed E-state index contributed by atoms with van der Waals surface area (Å²) in [5, 5.41) is 0. The maximum absolute atomic E-state index is 5.94. The lowest BCUT2D eigenvalue weighted by molar-refractivity contribution is 0.706. The number of pyridine rings is 1. The summed E-state index contributed by atoms with van der Waals surface area (Å²) in [5.41, 5.74) is 3.11. The zero-order chi connectivity index (χ0) is 13.4. The van der Waals surface area contributed by atoms with E-state index in [2.05, 4.69) is 23.0 Å². The van der Waals surface area contributed by atoms with E-state index in [-0.39, 0.29) is 0 Å². The molecule has 3 aromatic rings. The Morgan fingerprint density at radius 1 is 1.42 bits per heavy atom. The van der Waals surface area contributed by atoms with Crippen LogP contribution in [-0.4, -0.2) is 14.5 Å². The van der Waals surface area contributed by atoms with Crippen molar-refractivity contribution < 1.29 is 0 Å². The summed E-state index contributed by atoms with van der Waals surface area (Å²) in [6.45, 7) is 2.87. The maximum atomic E-state index is 5.94. The Bertz CT molecular complexity index is 785. The van der Waals surface area contributed by atoms with Crippen molar-refractivity contribution in [3.8, 4) is 0 Å². The van der Waals surface area contributed by atoms with Gasteiger partial charge in [-0.05, 0) is 49.3 Å². The van der Waals surface area contributed by atoms with Crippen LogP contribution in [0.5, 0.6) is 0 Å².